The van der Waals surface area contributed by atoms with Crippen LogP contribution in [0.5, 0.6) is 0 Å². The molecule has 0 radical (unpaired) electrons. The van der Waals surface area contributed by atoms with E-state index in [0.717, 1.165) is 23.4 Å². The third-order valence-corrected chi connectivity index (χ3v) is 5.11. The molecule has 5 nitrogen and oxygen atoms in total. The molecule has 1 aliphatic rings. The Morgan fingerprint density at radius 1 is 1.26 bits per heavy atom. The monoisotopic (exact) mass is 383 g/mol. The van der Waals surface area contributed by atoms with Crippen LogP contribution in [-0.4, -0.2) is 32.6 Å². The highest BCUT2D eigenvalue weighted by molar-refractivity contribution is 5.31. The summed E-state index contributed by atoms with van der Waals surface area (Å²) in [6.45, 7) is 4.16. The fourth-order valence-electron chi connectivity index (χ4n) is 3.89. The van der Waals surface area contributed by atoms with Crippen LogP contribution >= 0.6 is 0 Å². The number of aromatic nitrogens is 2. The van der Waals surface area contributed by atoms with Crippen molar-refractivity contribution in [3.05, 3.63) is 52.8 Å². The lowest BCUT2D eigenvalue weighted by molar-refractivity contribution is -0.137. The molecular weight excluding hydrogens is 359 g/mol. The van der Waals surface area contributed by atoms with Gasteiger partial charge in [-0.2, -0.15) is 18.3 Å². The lowest BCUT2D eigenvalue weighted by Gasteiger charge is -2.41. The summed E-state index contributed by atoms with van der Waals surface area (Å²) in [5, 5.41) is 28.1. The predicted octanol–water partition coefficient (Wildman–Crippen LogP) is 2.90. The summed E-state index contributed by atoms with van der Waals surface area (Å²) in [5.74, 6) is 0. The number of aryl methyl sites for hydroxylation is 1. The van der Waals surface area contributed by atoms with Gasteiger partial charge in [0.1, 0.15) is 0 Å². The number of aliphatic hydroxyl groups is 2. The molecule has 1 aromatic carbocycles. The number of benzene rings is 1. The van der Waals surface area contributed by atoms with Crippen LogP contribution in [0.25, 0.3) is 0 Å². The van der Waals surface area contributed by atoms with E-state index in [2.05, 4.69) is 10.4 Å². The highest BCUT2D eigenvalue weighted by Crippen LogP contribution is 2.41. The van der Waals surface area contributed by atoms with E-state index >= 15 is 0 Å². The van der Waals surface area contributed by atoms with Crippen LogP contribution in [0.4, 0.5) is 13.2 Å². The van der Waals surface area contributed by atoms with Gasteiger partial charge in [0.15, 0.2) is 0 Å². The number of rotatable bonds is 4. The Kier molecular flexibility index (Phi) is 5.33. The van der Waals surface area contributed by atoms with Crippen molar-refractivity contribution in [3.8, 4) is 0 Å². The lowest BCUT2D eigenvalue weighted by atomic mass is 9.77. The first-order valence-electron chi connectivity index (χ1n) is 8.93. The molecular formula is C19H24F3N3O2. The van der Waals surface area contributed by atoms with Crippen molar-refractivity contribution >= 4 is 0 Å². The number of piperidine rings is 1. The van der Waals surface area contributed by atoms with E-state index in [9.17, 15) is 18.3 Å². The van der Waals surface area contributed by atoms with E-state index in [1.54, 1.807) is 4.68 Å². The molecule has 0 bridgehead atoms. The summed E-state index contributed by atoms with van der Waals surface area (Å²) in [4.78, 5) is 0. The van der Waals surface area contributed by atoms with Crippen LogP contribution in [-0.2, 0) is 18.3 Å². The molecule has 3 rings (SSSR count). The number of hydrogen-bond donors (Lipinski definition) is 3. The average molecular weight is 383 g/mol. The molecule has 1 aliphatic heterocycles. The Hall–Kier alpha value is -1.90. The lowest BCUT2D eigenvalue weighted by Crippen LogP contribution is -2.47. The number of alkyl halides is 3. The highest BCUT2D eigenvalue weighted by atomic mass is 19.4. The van der Waals surface area contributed by atoms with Crippen LogP contribution in [0.15, 0.2) is 30.5 Å². The molecule has 3 unspecified atom stereocenters. The van der Waals surface area contributed by atoms with Gasteiger partial charge in [0.25, 0.3) is 0 Å². The normalized spacial score (nSPS) is 26.3. The first-order valence-corrected chi connectivity index (χ1v) is 8.93. The van der Waals surface area contributed by atoms with Gasteiger partial charge in [-0.05, 0) is 44.4 Å². The van der Waals surface area contributed by atoms with E-state index in [-0.39, 0.29) is 18.7 Å². The van der Waals surface area contributed by atoms with E-state index in [1.807, 2.05) is 20.0 Å². The topological polar surface area (TPSA) is 70.3 Å². The number of nitrogens with one attached hydrogen (secondary N) is 1. The Labute approximate surface area is 155 Å². The molecule has 8 heteroatoms. The molecule has 2 heterocycles. The van der Waals surface area contributed by atoms with Gasteiger partial charge in [-0.3, -0.25) is 4.68 Å². The van der Waals surface area contributed by atoms with Crippen molar-refractivity contribution in [2.75, 3.05) is 6.61 Å². The summed E-state index contributed by atoms with van der Waals surface area (Å²) < 4.78 is 40.1. The van der Waals surface area contributed by atoms with Gasteiger partial charge in [0, 0.05) is 23.8 Å². The van der Waals surface area contributed by atoms with E-state index in [4.69, 9.17) is 5.11 Å². The largest absolute Gasteiger partial charge is 0.416 e. The quantitative estimate of drug-likeness (QED) is 0.759. The number of aliphatic hydroxyl groups excluding tert-OH is 1. The zero-order valence-electron chi connectivity index (χ0n) is 15.3. The molecule has 0 spiro atoms. The van der Waals surface area contributed by atoms with E-state index in [0.29, 0.717) is 24.9 Å². The van der Waals surface area contributed by atoms with Crippen molar-refractivity contribution in [3.63, 3.8) is 0 Å². The number of nitrogens with zero attached hydrogens (tertiary/aromatic N) is 2. The molecule has 3 atom stereocenters. The maximum Gasteiger partial charge on any atom is 0.416 e. The Bertz CT molecular complexity index is 788. The maximum absolute atomic E-state index is 12.8. The van der Waals surface area contributed by atoms with Crippen molar-refractivity contribution in [2.24, 2.45) is 0 Å². The van der Waals surface area contributed by atoms with Crippen molar-refractivity contribution in [1.82, 2.24) is 15.1 Å². The molecule has 1 aromatic heterocycles. The standard InChI is InChI=1S/C19H24F3N3O2/c1-12-9-18(27,14-3-5-15(6-4-14)19(20,21)22)10-17(23-12)16-11-25(7-8-26)24-13(16)2/h3-6,11-12,17,23,26-27H,7-10H2,1-2H3. The summed E-state index contributed by atoms with van der Waals surface area (Å²) >= 11 is 0. The zero-order valence-corrected chi connectivity index (χ0v) is 15.3. The van der Waals surface area contributed by atoms with Gasteiger partial charge in [-0.15, -0.1) is 0 Å². The third-order valence-electron chi connectivity index (χ3n) is 5.11. The van der Waals surface area contributed by atoms with Crippen LogP contribution in [0.3, 0.4) is 0 Å². The smallest absolute Gasteiger partial charge is 0.394 e. The summed E-state index contributed by atoms with van der Waals surface area (Å²) in [6.07, 6.45) is -1.83. The molecule has 148 valence electrons. The Balaban J connectivity index is 1.88. The molecule has 27 heavy (non-hydrogen) atoms. The van der Waals surface area contributed by atoms with Crippen LogP contribution in [0.1, 0.15) is 48.2 Å². The number of hydrogen-bond acceptors (Lipinski definition) is 4. The molecule has 1 saturated heterocycles. The molecule has 0 amide bonds. The molecule has 0 aliphatic carbocycles. The second-order valence-electron chi connectivity index (χ2n) is 7.29. The molecule has 2 aromatic rings. The minimum Gasteiger partial charge on any atom is -0.394 e. The second kappa shape index (κ2) is 7.26. The van der Waals surface area contributed by atoms with Crippen LogP contribution in [0, 0.1) is 6.92 Å². The molecule has 1 fully saturated rings. The van der Waals surface area contributed by atoms with E-state index in [1.165, 1.54) is 12.1 Å². The van der Waals surface area contributed by atoms with Gasteiger partial charge in [0.05, 0.1) is 30.0 Å². The van der Waals surface area contributed by atoms with E-state index < -0.39 is 17.3 Å². The van der Waals surface area contributed by atoms with Crippen LogP contribution < -0.4 is 5.32 Å². The summed E-state index contributed by atoms with van der Waals surface area (Å²) in [6, 6.07) is 4.53. The summed E-state index contributed by atoms with van der Waals surface area (Å²) in [7, 11) is 0. The highest BCUT2D eigenvalue weighted by Gasteiger charge is 2.40. The average Bonchev–Trinajstić information content (AvgIpc) is 2.94. The van der Waals surface area contributed by atoms with Crippen molar-refractivity contribution in [2.45, 2.75) is 57.1 Å². The van der Waals surface area contributed by atoms with Crippen molar-refractivity contribution < 1.29 is 23.4 Å². The van der Waals surface area contributed by atoms with Gasteiger partial charge in [-0.1, -0.05) is 12.1 Å². The Morgan fingerprint density at radius 3 is 2.52 bits per heavy atom. The minimum absolute atomic E-state index is 0.0233. The van der Waals surface area contributed by atoms with Gasteiger partial charge in [0.2, 0.25) is 0 Å². The number of halogens is 3. The third kappa shape index (κ3) is 4.17. The fourth-order valence-corrected chi connectivity index (χ4v) is 3.89. The predicted molar refractivity (Wildman–Crippen MR) is 94.0 cm³/mol. The second-order valence-corrected chi connectivity index (χ2v) is 7.29. The minimum atomic E-state index is -4.40. The summed E-state index contributed by atoms with van der Waals surface area (Å²) in [5.41, 5.74) is 0.235. The van der Waals surface area contributed by atoms with Crippen LogP contribution in [0.2, 0.25) is 0 Å². The first-order chi connectivity index (χ1) is 12.6. The van der Waals surface area contributed by atoms with Gasteiger partial charge in [-0.25, -0.2) is 0 Å². The molecule has 3 N–H and O–H groups in total. The van der Waals surface area contributed by atoms with Gasteiger partial charge >= 0.3 is 6.18 Å². The van der Waals surface area contributed by atoms with Crippen molar-refractivity contribution in [1.29, 1.82) is 0 Å². The first kappa shape index (κ1) is 19.9. The zero-order chi connectivity index (χ0) is 19.8. The molecule has 0 saturated carbocycles. The fraction of sp³-hybridized carbons (Fsp3) is 0.526. The van der Waals surface area contributed by atoms with Gasteiger partial charge < -0.3 is 15.5 Å². The Morgan fingerprint density at radius 2 is 1.93 bits per heavy atom. The maximum atomic E-state index is 12.8. The SMILES string of the molecule is Cc1nn(CCO)cc1C1CC(O)(c2ccc(C(F)(F)F)cc2)CC(C)N1.